The average Bonchev–Trinajstić information content (AvgIpc) is 3.28. The van der Waals surface area contributed by atoms with Crippen LogP contribution in [0.1, 0.15) is 62.1 Å². The Labute approximate surface area is 176 Å². The van der Waals surface area contributed by atoms with E-state index in [9.17, 15) is 9.59 Å². The molecule has 1 saturated carbocycles. The number of hydrogen-bond donors (Lipinski definition) is 0. The second-order valence-electron chi connectivity index (χ2n) is 9.22. The number of aliphatic imine (C=N–C) groups is 1. The van der Waals surface area contributed by atoms with Crippen molar-refractivity contribution in [3.8, 4) is 0 Å². The molecule has 0 radical (unpaired) electrons. The molecule has 3 heterocycles. The van der Waals surface area contributed by atoms with Crippen molar-refractivity contribution in [2.45, 2.75) is 65.4 Å². The van der Waals surface area contributed by atoms with Gasteiger partial charge in [-0.25, -0.2) is 4.79 Å². The Bertz CT molecular complexity index is 888. The van der Waals surface area contributed by atoms with Crippen LogP contribution in [0.25, 0.3) is 0 Å². The highest BCUT2D eigenvalue weighted by atomic mass is 32.1. The van der Waals surface area contributed by atoms with E-state index in [0.29, 0.717) is 17.7 Å². The molecule has 1 aromatic rings. The van der Waals surface area contributed by atoms with Crippen molar-refractivity contribution in [1.29, 1.82) is 0 Å². The molecule has 1 saturated heterocycles. The van der Waals surface area contributed by atoms with Gasteiger partial charge in [0.25, 0.3) is 0 Å². The first-order valence-electron chi connectivity index (χ1n) is 10.4. The molecule has 3 atom stereocenters. The number of aryl methyl sites for hydroxylation is 1. The number of ether oxygens (including phenoxy) is 2. The minimum atomic E-state index is -0.366. The molecule has 0 aromatic carbocycles. The van der Waals surface area contributed by atoms with E-state index in [2.05, 4.69) is 13.8 Å². The first-order valence-corrected chi connectivity index (χ1v) is 11.2. The number of allylic oxidation sites excluding steroid dienone is 1. The number of hydrogen-bond acceptors (Lipinski definition) is 6. The first-order chi connectivity index (χ1) is 13.7. The van der Waals surface area contributed by atoms with Gasteiger partial charge in [-0.05, 0) is 50.7 Å². The molecular weight excluding hydrogens is 386 g/mol. The van der Waals surface area contributed by atoms with Gasteiger partial charge in [0.15, 0.2) is 0 Å². The van der Waals surface area contributed by atoms with Crippen LogP contribution in [0.4, 0.5) is 0 Å². The summed E-state index contributed by atoms with van der Waals surface area (Å²) in [6, 6.07) is 4.09. The van der Waals surface area contributed by atoms with E-state index in [4.69, 9.17) is 14.5 Å². The number of nitrogens with zero attached hydrogens (tertiary/aromatic N) is 1. The third-order valence-corrected chi connectivity index (χ3v) is 7.16. The van der Waals surface area contributed by atoms with Gasteiger partial charge in [0.1, 0.15) is 12.4 Å². The van der Waals surface area contributed by atoms with Gasteiger partial charge in [0.2, 0.25) is 0 Å². The van der Waals surface area contributed by atoms with Crippen molar-refractivity contribution < 1.29 is 19.1 Å². The summed E-state index contributed by atoms with van der Waals surface area (Å²) in [7, 11) is 0. The molecule has 2 fully saturated rings. The van der Waals surface area contributed by atoms with E-state index in [1.54, 1.807) is 11.3 Å². The SMILES string of the molecule is CC1=C(C(=O)OC[C@H]2CCCO2)[C@H](c2ccc(C)s2)C2C(=O)CC(C)(C)CC2=N1. The standard InChI is InChI=1S/C23H29NO4S/c1-13-7-8-18(29-13)21-19(22(26)28-12-15-6-5-9-27-15)14(2)24-16-10-23(3,4)11-17(25)20(16)21/h7-8,15,20-21H,5-6,9-12H2,1-4H3/t15-,20?,21+/m1/s1. The van der Waals surface area contributed by atoms with E-state index in [0.717, 1.165) is 41.3 Å². The Morgan fingerprint density at radius 1 is 1.28 bits per heavy atom. The Kier molecular flexibility index (Phi) is 5.51. The predicted octanol–water partition coefficient (Wildman–Crippen LogP) is 4.60. The maximum absolute atomic E-state index is 13.2. The third-order valence-electron chi connectivity index (χ3n) is 6.08. The van der Waals surface area contributed by atoms with Crippen molar-refractivity contribution in [1.82, 2.24) is 0 Å². The Morgan fingerprint density at radius 3 is 2.72 bits per heavy atom. The highest BCUT2D eigenvalue weighted by Gasteiger charge is 2.48. The second-order valence-corrected chi connectivity index (χ2v) is 10.5. The molecule has 29 heavy (non-hydrogen) atoms. The first kappa shape index (κ1) is 20.5. The molecule has 156 valence electrons. The van der Waals surface area contributed by atoms with Crippen LogP contribution in [0.2, 0.25) is 0 Å². The molecule has 1 aromatic heterocycles. The lowest BCUT2D eigenvalue weighted by Crippen LogP contribution is -2.44. The van der Waals surface area contributed by atoms with Crippen LogP contribution in [0.5, 0.6) is 0 Å². The highest BCUT2D eigenvalue weighted by molar-refractivity contribution is 7.12. The van der Waals surface area contributed by atoms with E-state index in [1.165, 1.54) is 0 Å². The smallest absolute Gasteiger partial charge is 0.336 e. The Hall–Kier alpha value is -1.79. The molecule has 0 bridgehead atoms. The lowest BCUT2D eigenvalue weighted by atomic mass is 9.64. The van der Waals surface area contributed by atoms with Crippen molar-refractivity contribution in [2.24, 2.45) is 16.3 Å². The molecular formula is C23H29NO4S. The number of carbonyl (C=O) groups is 2. The normalized spacial score (nSPS) is 28.9. The Morgan fingerprint density at radius 2 is 2.07 bits per heavy atom. The number of ketones is 1. The molecule has 1 unspecified atom stereocenters. The fourth-order valence-electron chi connectivity index (χ4n) is 4.81. The van der Waals surface area contributed by atoms with Crippen LogP contribution in [0.15, 0.2) is 28.4 Å². The number of carbonyl (C=O) groups excluding carboxylic acids is 2. The van der Waals surface area contributed by atoms with Crippen LogP contribution in [0, 0.1) is 18.3 Å². The zero-order chi connectivity index (χ0) is 20.8. The largest absolute Gasteiger partial charge is 0.460 e. The van der Waals surface area contributed by atoms with E-state index in [1.807, 2.05) is 26.0 Å². The summed E-state index contributed by atoms with van der Waals surface area (Å²) >= 11 is 1.64. The van der Waals surface area contributed by atoms with Gasteiger partial charge >= 0.3 is 5.97 Å². The quantitative estimate of drug-likeness (QED) is 0.675. The average molecular weight is 416 g/mol. The summed E-state index contributed by atoms with van der Waals surface area (Å²) in [5, 5.41) is 0. The number of fused-ring (bicyclic) bond motifs is 1. The third kappa shape index (κ3) is 4.10. The molecule has 3 aliphatic rings. The van der Waals surface area contributed by atoms with Gasteiger partial charge in [-0.2, -0.15) is 0 Å². The lowest BCUT2D eigenvalue weighted by molar-refractivity contribution is -0.142. The highest BCUT2D eigenvalue weighted by Crippen LogP contribution is 2.48. The minimum absolute atomic E-state index is 0.0259. The van der Waals surface area contributed by atoms with Crippen molar-refractivity contribution in [3.63, 3.8) is 0 Å². The van der Waals surface area contributed by atoms with Crippen molar-refractivity contribution in [2.75, 3.05) is 13.2 Å². The number of rotatable bonds is 4. The topological polar surface area (TPSA) is 65.0 Å². The van der Waals surface area contributed by atoms with Crippen LogP contribution in [-0.2, 0) is 19.1 Å². The molecule has 0 amide bonds. The van der Waals surface area contributed by atoms with Crippen LogP contribution >= 0.6 is 11.3 Å². The number of Topliss-reactive ketones (excluding diaryl/α,β-unsaturated/α-hetero) is 1. The minimum Gasteiger partial charge on any atom is -0.460 e. The van der Waals surface area contributed by atoms with Crippen molar-refractivity contribution >= 4 is 28.8 Å². The molecule has 4 rings (SSSR count). The summed E-state index contributed by atoms with van der Waals surface area (Å²) in [5.41, 5.74) is 2.03. The van der Waals surface area contributed by atoms with Crippen LogP contribution in [-0.4, -0.2) is 36.8 Å². The maximum atomic E-state index is 13.2. The number of thiophene rings is 1. The summed E-state index contributed by atoms with van der Waals surface area (Å²) in [5.74, 6) is -0.862. The zero-order valence-corrected chi connectivity index (χ0v) is 18.4. The van der Waals surface area contributed by atoms with Gasteiger partial charge in [0, 0.05) is 40.1 Å². The summed E-state index contributed by atoms with van der Waals surface area (Å²) in [6.07, 6.45) is 3.18. The molecule has 0 spiro atoms. The van der Waals surface area contributed by atoms with Crippen LogP contribution in [0.3, 0.4) is 0 Å². The molecule has 0 N–H and O–H groups in total. The van der Waals surface area contributed by atoms with E-state index < -0.39 is 0 Å². The van der Waals surface area contributed by atoms with Crippen LogP contribution < -0.4 is 0 Å². The number of esters is 1. The van der Waals surface area contributed by atoms with Gasteiger partial charge in [-0.1, -0.05) is 13.8 Å². The summed E-state index contributed by atoms with van der Waals surface area (Å²) in [4.78, 5) is 33.3. The van der Waals surface area contributed by atoms with E-state index >= 15 is 0 Å². The summed E-state index contributed by atoms with van der Waals surface area (Å²) < 4.78 is 11.2. The van der Waals surface area contributed by atoms with Gasteiger partial charge in [0.05, 0.1) is 17.6 Å². The second kappa shape index (κ2) is 7.80. The van der Waals surface area contributed by atoms with E-state index in [-0.39, 0.29) is 41.7 Å². The maximum Gasteiger partial charge on any atom is 0.336 e. The molecule has 1 aliphatic carbocycles. The fraction of sp³-hybridized carbons (Fsp3) is 0.609. The van der Waals surface area contributed by atoms with Gasteiger partial charge in [-0.3, -0.25) is 9.79 Å². The van der Waals surface area contributed by atoms with Gasteiger partial charge in [-0.15, -0.1) is 11.3 Å². The van der Waals surface area contributed by atoms with Gasteiger partial charge < -0.3 is 9.47 Å². The van der Waals surface area contributed by atoms with Crippen molar-refractivity contribution in [3.05, 3.63) is 33.2 Å². The summed E-state index contributed by atoms with van der Waals surface area (Å²) in [6.45, 7) is 9.11. The Balaban J connectivity index is 1.70. The predicted molar refractivity (Wildman–Crippen MR) is 113 cm³/mol. The fourth-order valence-corrected chi connectivity index (χ4v) is 5.83. The molecule has 2 aliphatic heterocycles. The zero-order valence-electron chi connectivity index (χ0n) is 17.6. The molecule has 6 heteroatoms. The molecule has 5 nitrogen and oxygen atoms in total. The lowest BCUT2D eigenvalue weighted by Gasteiger charge is -2.40. The monoisotopic (exact) mass is 415 g/mol.